The summed E-state index contributed by atoms with van der Waals surface area (Å²) >= 11 is 0. The van der Waals surface area contributed by atoms with Gasteiger partial charge < -0.3 is 0 Å². The zero-order chi connectivity index (χ0) is 22.1. The molecule has 31 heavy (non-hydrogen) atoms. The van der Waals surface area contributed by atoms with Gasteiger partial charge in [-0.1, -0.05) is 79.4 Å². The van der Waals surface area contributed by atoms with Crippen molar-refractivity contribution in [3.8, 4) is 0 Å². The summed E-state index contributed by atoms with van der Waals surface area (Å²) in [6, 6.07) is 37.9. The number of rotatable bonds is 5. The maximum absolute atomic E-state index is 10.6. The van der Waals surface area contributed by atoms with Gasteiger partial charge in [-0.05, 0) is 54.1 Å². The fourth-order valence-electron chi connectivity index (χ4n) is 2.85. The lowest BCUT2D eigenvalue weighted by molar-refractivity contribution is 0.483. The molecule has 4 rings (SSSR count). The van der Waals surface area contributed by atoms with Gasteiger partial charge in [0.2, 0.25) is 0 Å². The van der Waals surface area contributed by atoms with E-state index in [4.69, 9.17) is 4.55 Å². The van der Waals surface area contributed by atoms with E-state index in [1.807, 2.05) is 0 Å². The molecule has 0 heterocycles. The minimum atomic E-state index is -4.06. The van der Waals surface area contributed by atoms with Gasteiger partial charge in [-0.15, -0.1) is 0 Å². The molecule has 4 aromatic rings. The Morgan fingerprint density at radius 2 is 0.968 bits per heavy atom. The van der Waals surface area contributed by atoms with Crippen LogP contribution in [0.4, 0.5) is 0 Å². The molecule has 4 aromatic carbocycles. The van der Waals surface area contributed by atoms with E-state index in [-0.39, 0.29) is 15.8 Å². The molecule has 0 bridgehead atoms. The van der Waals surface area contributed by atoms with Crippen LogP contribution in [0.3, 0.4) is 0 Å². The van der Waals surface area contributed by atoms with Gasteiger partial charge in [0.25, 0.3) is 10.1 Å². The Hall–Kier alpha value is -3.12. The van der Waals surface area contributed by atoms with Crippen LogP contribution >= 0.6 is 0 Å². The average molecular weight is 448 g/mol. The monoisotopic (exact) mass is 447 g/mol. The minimum absolute atomic E-state index is 0.0146. The third-order valence-electron chi connectivity index (χ3n) is 4.35. The van der Waals surface area contributed by atoms with E-state index in [2.05, 4.69) is 97.6 Å². The number of hydrogen-bond donors (Lipinski definition) is 1. The molecule has 156 valence electrons. The van der Waals surface area contributed by atoms with Gasteiger partial charge in [0.05, 0.1) is 15.8 Å². The van der Waals surface area contributed by atoms with Crippen molar-refractivity contribution >= 4 is 27.1 Å². The highest BCUT2D eigenvalue weighted by atomic mass is 32.2. The van der Waals surface area contributed by atoms with E-state index < -0.39 is 10.1 Å². The van der Waals surface area contributed by atoms with E-state index in [9.17, 15) is 8.42 Å². The number of benzene rings is 4. The first kappa shape index (κ1) is 22.6. The first-order valence-electron chi connectivity index (χ1n) is 9.58. The van der Waals surface area contributed by atoms with E-state index in [0.29, 0.717) is 0 Å². The number of hydrogen-bond acceptors (Lipinski definition) is 2. The molecular formula is C26H23O3S2+. The Morgan fingerprint density at radius 1 is 0.613 bits per heavy atom. The Labute approximate surface area is 186 Å². The fourth-order valence-corrected chi connectivity index (χ4v) is 5.44. The second-order valence-electron chi connectivity index (χ2n) is 6.49. The summed E-state index contributed by atoms with van der Waals surface area (Å²) in [5.41, 5.74) is 0.808. The first-order chi connectivity index (χ1) is 15.0. The summed E-state index contributed by atoms with van der Waals surface area (Å²) in [4.78, 5) is 3.98. The van der Waals surface area contributed by atoms with Crippen molar-refractivity contribution in [1.29, 1.82) is 0 Å². The summed E-state index contributed by atoms with van der Waals surface area (Å²) in [5, 5.41) is 0. The highest BCUT2D eigenvalue weighted by Crippen LogP contribution is 2.30. The highest BCUT2D eigenvalue weighted by Gasteiger charge is 2.27. The molecule has 0 radical (unpaired) electrons. The summed E-state index contributed by atoms with van der Waals surface area (Å²) in [7, 11) is -4.08. The predicted molar refractivity (Wildman–Crippen MR) is 128 cm³/mol. The quantitative estimate of drug-likeness (QED) is 0.286. The van der Waals surface area contributed by atoms with Crippen LogP contribution in [0.2, 0.25) is 0 Å². The summed E-state index contributed by atoms with van der Waals surface area (Å²) in [6.45, 7) is 3.51. The van der Waals surface area contributed by atoms with Gasteiger partial charge in [0.15, 0.2) is 14.7 Å². The Balaban J connectivity index is 0.000000196. The highest BCUT2D eigenvalue weighted by molar-refractivity contribution is 7.97. The molecule has 0 aromatic heterocycles. The van der Waals surface area contributed by atoms with E-state index >= 15 is 0 Å². The predicted octanol–water partition coefficient (Wildman–Crippen LogP) is 6.36. The van der Waals surface area contributed by atoms with Crippen molar-refractivity contribution in [2.45, 2.75) is 19.6 Å². The van der Waals surface area contributed by atoms with Crippen LogP contribution in [-0.2, 0) is 21.0 Å². The molecule has 0 amide bonds. The summed E-state index contributed by atoms with van der Waals surface area (Å²) in [5.74, 6) is 0. The van der Waals surface area contributed by atoms with Crippen LogP contribution in [0.5, 0.6) is 0 Å². The van der Waals surface area contributed by atoms with Gasteiger partial charge in [0, 0.05) is 0 Å². The average Bonchev–Trinajstić information content (AvgIpc) is 2.81. The Morgan fingerprint density at radius 3 is 1.26 bits per heavy atom. The minimum Gasteiger partial charge on any atom is -0.282 e. The van der Waals surface area contributed by atoms with Crippen LogP contribution in [-0.4, -0.2) is 13.0 Å². The third kappa shape index (κ3) is 6.43. The SMILES string of the molecule is C=Cc1ccc(S(=O)(=O)O)cc1.c1ccc([S+](c2ccccc2)c2ccccc2)cc1. The zero-order valence-electron chi connectivity index (χ0n) is 16.8. The van der Waals surface area contributed by atoms with Crippen molar-refractivity contribution in [3.63, 3.8) is 0 Å². The molecule has 0 spiro atoms. The zero-order valence-corrected chi connectivity index (χ0v) is 18.5. The molecule has 0 saturated carbocycles. The second kappa shape index (κ2) is 10.8. The molecule has 0 saturated heterocycles. The molecule has 0 atom stereocenters. The van der Waals surface area contributed by atoms with Crippen molar-refractivity contribution in [1.82, 2.24) is 0 Å². The lowest BCUT2D eigenvalue weighted by Crippen LogP contribution is -2.04. The van der Waals surface area contributed by atoms with Crippen LogP contribution in [0.1, 0.15) is 5.56 Å². The van der Waals surface area contributed by atoms with E-state index in [0.717, 1.165) is 5.56 Å². The lowest BCUT2D eigenvalue weighted by Gasteiger charge is -2.07. The largest absolute Gasteiger partial charge is 0.294 e. The molecule has 5 heteroatoms. The molecule has 0 unspecified atom stereocenters. The smallest absolute Gasteiger partial charge is 0.282 e. The van der Waals surface area contributed by atoms with Crippen molar-refractivity contribution in [2.75, 3.05) is 0 Å². The third-order valence-corrected chi connectivity index (χ3v) is 7.45. The van der Waals surface area contributed by atoms with Gasteiger partial charge in [-0.25, -0.2) is 0 Å². The summed E-state index contributed by atoms with van der Waals surface area (Å²) in [6.07, 6.45) is 1.59. The maximum atomic E-state index is 10.6. The molecule has 0 aliphatic heterocycles. The lowest BCUT2D eigenvalue weighted by atomic mass is 10.2. The normalized spacial score (nSPS) is 10.8. The van der Waals surface area contributed by atoms with E-state index in [1.54, 1.807) is 18.2 Å². The molecule has 1 N–H and O–H groups in total. The molecule has 0 fully saturated rings. The van der Waals surface area contributed by atoms with Gasteiger partial charge in [-0.2, -0.15) is 8.42 Å². The fraction of sp³-hybridized carbons (Fsp3) is 0. The van der Waals surface area contributed by atoms with Crippen molar-refractivity contribution < 1.29 is 13.0 Å². The molecular weight excluding hydrogens is 424 g/mol. The Kier molecular flexibility index (Phi) is 7.84. The first-order valence-corrected chi connectivity index (χ1v) is 12.2. The van der Waals surface area contributed by atoms with Crippen LogP contribution in [0.15, 0.2) is 141 Å². The van der Waals surface area contributed by atoms with Crippen LogP contribution < -0.4 is 0 Å². The topological polar surface area (TPSA) is 54.4 Å². The standard InChI is InChI=1S/C18H15S.C8H8O3S/c1-4-10-16(11-5-1)19(17-12-6-2-7-13-17)18-14-8-3-9-15-18;1-2-7-3-5-8(6-4-7)12(9,10)11/h1-15H;2-6H,1H2,(H,9,10,11)/q+1;. The Bertz CT molecular complexity index is 1100. The summed E-state index contributed by atoms with van der Waals surface area (Å²) < 4.78 is 29.7. The van der Waals surface area contributed by atoms with Gasteiger partial charge >= 0.3 is 0 Å². The van der Waals surface area contributed by atoms with Crippen LogP contribution in [0, 0.1) is 0 Å². The molecule has 0 aliphatic rings. The molecule has 0 aliphatic carbocycles. The van der Waals surface area contributed by atoms with E-state index in [1.165, 1.54) is 26.8 Å². The van der Waals surface area contributed by atoms with Crippen molar-refractivity contribution in [3.05, 3.63) is 127 Å². The molecule has 3 nitrogen and oxygen atoms in total. The van der Waals surface area contributed by atoms with Gasteiger partial charge in [-0.3, -0.25) is 4.55 Å². The van der Waals surface area contributed by atoms with Crippen LogP contribution in [0.25, 0.3) is 6.08 Å². The maximum Gasteiger partial charge on any atom is 0.294 e. The second-order valence-corrected chi connectivity index (χ2v) is 9.94. The van der Waals surface area contributed by atoms with Gasteiger partial charge in [0.1, 0.15) is 0 Å². The van der Waals surface area contributed by atoms with Crippen molar-refractivity contribution in [2.24, 2.45) is 0 Å².